The van der Waals surface area contributed by atoms with Crippen molar-refractivity contribution in [2.24, 2.45) is 19.0 Å². The van der Waals surface area contributed by atoms with Crippen LogP contribution in [0.25, 0.3) is 31.3 Å². The van der Waals surface area contributed by atoms with Crippen LogP contribution in [-0.4, -0.2) is 94.0 Å². The van der Waals surface area contributed by atoms with E-state index < -0.39 is 53.8 Å². The topological polar surface area (TPSA) is 457 Å². The highest BCUT2D eigenvalue weighted by molar-refractivity contribution is 7.90. The smallest absolute Gasteiger partial charge is 0.409 e. The predicted octanol–water partition coefficient (Wildman–Crippen LogP) is 4.69. The van der Waals surface area contributed by atoms with Gasteiger partial charge in [0.2, 0.25) is 0 Å². The van der Waals surface area contributed by atoms with Gasteiger partial charge in [-0.25, -0.2) is 39.6 Å². The fourth-order valence-corrected chi connectivity index (χ4v) is 5.28. The minimum absolute atomic E-state index is 0.156. The van der Waals surface area contributed by atoms with Gasteiger partial charge in [-0.2, -0.15) is 0 Å². The predicted molar refractivity (Wildman–Crippen MR) is 197 cm³/mol. The number of hydrogen-bond donors (Lipinski definition) is 9. The van der Waals surface area contributed by atoms with E-state index in [0.717, 1.165) is 36.4 Å². The van der Waals surface area contributed by atoms with Crippen LogP contribution in [0.4, 0.5) is 31.4 Å². The van der Waals surface area contributed by atoms with Crippen LogP contribution in [-0.2, 0) is 30.1 Å². The monoisotopic (exact) mass is 860 g/mol. The van der Waals surface area contributed by atoms with Crippen LogP contribution < -0.4 is 16.0 Å². The molecule has 0 unspecified atom stereocenters. The van der Waals surface area contributed by atoms with E-state index >= 15 is 0 Å². The molecule has 3 amide bonds. The molecule has 3 aromatic carbocycles. The quantitative estimate of drug-likeness (QED) is 0.0639. The summed E-state index contributed by atoms with van der Waals surface area (Å²) in [7, 11) is -12.1. The number of aliphatic hydroxyl groups is 3. The Bertz CT molecular complexity index is 2040. The molecule has 0 aliphatic carbocycles. The molecule has 0 radical (unpaired) electrons. The summed E-state index contributed by atoms with van der Waals surface area (Å²) in [6.07, 6.45) is -3.18. The average Bonchev–Trinajstić information content (AvgIpc) is 3.14. The van der Waals surface area contributed by atoms with Gasteiger partial charge in [0.25, 0.3) is 30.1 Å². The lowest BCUT2D eigenvalue weighted by Crippen LogP contribution is -2.32. The van der Waals surface area contributed by atoms with Crippen LogP contribution in [0.1, 0.15) is 13.3 Å². The molecule has 0 aliphatic rings. The molecule has 0 atom stereocenters. The van der Waals surface area contributed by atoms with Crippen molar-refractivity contribution in [2.75, 3.05) is 35.8 Å². The van der Waals surface area contributed by atoms with Gasteiger partial charge >= 0.3 is 18.3 Å². The number of carboxylic acid groups (broad SMARTS) is 3. The molecule has 9 N–H and O–H groups in total. The Hall–Kier alpha value is -6.87. The Labute approximate surface area is 321 Å². The lowest BCUT2D eigenvalue weighted by molar-refractivity contribution is 0.00303. The number of hydrogen-bond acceptors (Lipinski definition) is 12. The first kappa shape index (κ1) is 50.1. The molecule has 0 aromatic heterocycles. The normalized spacial score (nSPS) is 10.5. The minimum atomic E-state index is -4.02. The third kappa shape index (κ3) is 18.3. The minimum Gasteiger partial charge on any atom is -0.465 e. The van der Waals surface area contributed by atoms with Crippen molar-refractivity contribution in [3.05, 3.63) is 104 Å². The first-order valence-electron chi connectivity index (χ1n) is 14.7. The van der Waals surface area contributed by atoms with Gasteiger partial charge in [-0.1, -0.05) is 6.92 Å². The molecule has 0 spiro atoms. The standard InChI is InChI=1S/3C7H6N4O4S.C6H14O3/c3*8-10-11-16(14,15)6-3-1-5(2-4-6)9-7(12)13;1-2-6(3-7,4-8)5-9/h3*1-4,9H,(H,12,13);7-9H,2-5H2,1H3. The zero-order chi connectivity index (χ0) is 43.9. The van der Waals surface area contributed by atoms with Crippen LogP contribution in [0.15, 0.2) is 101 Å². The summed E-state index contributed by atoms with van der Waals surface area (Å²) >= 11 is 0. The van der Waals surface area contributed by atoms with Gasteiger partial charge in [0.1, 0.15) is 0 Å². The molecule has 308 valence electrons. The summed E-state index contributed by atoms with van der Waals surface area (Å²) in [5.41, 5.74) is 24.1. The molecule has 27 nitrogen and oxygen atoms in total. The summed E-state index contributed by atoms with van der Waals surface area (Å²) in [5.74, 6) is 0. The van der Waals surface area contributed by atoms with Crippen LogP contribution in [0, 0.1) is 5.41 Å². The van der Waals surface area contributed by atoms with Crippen molar-refractivity contribution in [1.29, 1.82) is 0 Å². The summed E-state index contributed by atoms with van der Waals surface area (Å²) in [6, 6.07) is 14.3. The second-order valence-electron chi connectivity index (χ2n) is 10.1. The third-order valence-corrected chi connectivity index (χ3v) is 9.87. The Morgan fingerprint density at radius 1 is 0.526 bits per heavy atom. The fraction of sp³-hybridized carbons (Fsp3) is 0.222. The molecule has 0 bridgehead atoms. The Kier molecular flexibility index (Phi) is 20.9. The van der Waals surface area contributed by atoms with Gasteiger partial charge in [0.15, 0.2) is 0 Å². The van der Waals surface area contributed by atoms with Gasteiger partial charge in [-0.05, 0) is 95.8 Å². The van der Waals surface area contributed by atoms with Crippen LogP contribution >= 0.6 is 0 Å². The van der Waals surface area contributed by atoms with Gasteiger partial charge in [-0.3, -0.25) is 16.0 Å². The Morgan fingerprint density at radius 2 is 0.737 bits per heavy atom. The van der Waals surface area contributed by atoms with E-state index in [4.69, 9.17) is 47.2 Å². The fourth-order valence-electron chi connectivity index (χ4n) is 3.27. The second kappa shape index (κ2) is 23.8. The van der Waals surface area contributed by atoms with Gasteiger partial charge in [-0.15, -0.1) is 0 Å². The zero-order valence-corrected chi connectivity index (χ0v) is 31.3. The molecular weight excluding hydrogens is 829 g/mol. The molecular formula is C27H32N12O15S3. The van der Waals surface area contributed by atoms with Crippen LogP contribution in [0.3, 0.4) is 0 Å². The molecule has 3 rings (SSSR count). The Morgan fingerprint density at radius 3 is 0.860 bits per heavy atom. The molecule has 0 aliphatic heterocycles. The number of sulfonamides is 3. The average molecular weight is 861 g/mol. The number of azide groups is 3. The van der Waals surface area contributed by atoms with E-state index in [2.05, 4.69) is 28.3 Å². The number of benzene rings is 3. The number of aliphatic hydroxyl groups excluding tert-OH is 3. The van der Waals surface area contributed by atoms with E-state index in [0.29, 0.717) is 6.42 Å². The number of carbonyl (C=O) groups is 3. The lowest BCUT2D eigenvalue weighted by atomic mass is 9.88. The maximum Gasteiger partial charge on any atom is 0.409 e. The van der Waals surface area contributed by atoms with E-state index in [1.165, 1.54) is 36.4 Å². The molecule has 0 saturated heterocycles. The number of anilines is 3. The van der Waals surface area contributed by atoms with Gasteiger partial charge in [0.05, 0.1) is 34.5 Å². The van der Waals surface area contributed by atoms with Crippen LogP contribution in [0.5, 0.6) is 0 Å². The van der Waals surface area contributed by atoms with Crippen molar-refractivity contribution in [1.82, 2.24) is 0 Å². The van der Waals surface area contributed by atoms with E-state index in [1.54, 1.807) is 0 Å². The maximum atomic E-state index is 11.2. The molecule has 57 heavy (non-hydrogen) atoms. The van der Waals surface area contributed by atoms with Crippen LogP contribution in [0.2, 0.25) is 0 Å². The number of rotatable bonds is 13. The summed E-state index contributed by atoms with van der Waals surface area (Å²) in [6.45, 7) is 1.35. The molecule has 0 fully saturated rings. The van der Waals surface area contributed by atoms with Gasteiger partial charge < -0.3 is 30.6 Å². The van der Waals surface area contributed by atoms with Crippen molar-refractivity contribution >= 4 is 65.4 Å². The third-order valence-electron chi connectivity index (χ3n) is 6.40. The second-order valence-corrected chi connectivity index (χ2v) is 14.9. The van der Waals surface area contributed by atoms with Crippen molar-refractivity contribution in [3.63, 3.8) is 0 Å². The van der Waals surface area contributed by atoms with Crippen molar-refractivity contribution in [3.8, 4) is 0 Å². The van der Waals surface area contributed by atoms with Gasteiger partial charge in [0, 0.05) is 50.8 Å². The number of nitrogens with zero attached hydrogens (tertiary/aromatic N) is 9. The zero-order valence-electron chi connectivity index (χ0n) is 28.9. The molecule has 30 heteroatoms. The highest BCUT2D eigenvalue weighted by Crippen LogP contribution is 2.19. The first-order valence-corrected chi connectivity index (χ1v) is 19.0. The van der Waals surface area contributed by atoms with Crippen molar-refractivity contribution < 1.29 is 70.3 Å². The molecule has 3 aromatic rings. The summed E-state index contributed by atoms with van der Waals surface area (Å²) in [5, 5.41) is 57.2. The van der Waals surface area contributed by atoms with Crippen molar-refractivity contribution in [2.45, 2.75) is 28.0 Å². The number of nitrogens with one attached hydrogen (secondary N) is 3. The summed E-state index contributed by atoms with van der Waals surface area (Å²) < 4.78 is 75.2. The van der Waals surface area contributed by atoms with E-state index in [1.807, 2.05) is 22.9 Å². The molecule has 0 saturated carbocycles. The van der Waals surface area contributed by atoms with E-state index in [9.17, 15) is 39.6 Å². The molecule has 0 heterocycles. The highest BCUT2D eigenvalue weighted by Gasteiger charge is 2.25. The Balaban J connectivity index is 0.000000749. The van der Waals surface area contributed by atoms with E-state index in [-0.39, 0.29) is 51.6 Å². The number of amides is 3. The summed E-state index contributed by atoms with van der Waals surface area (Å²) in [4.78, 5) is 36.7. The highest BCUT2D eigenvalue weighted by atomic mass is 32.2. The lowest BCUT2D eigenvalue weighted by Gasteiger charge is -2.24. The maximum absolute atomic E-state index is 11.2. The first-order chi connectivity index (χ1) is 26.6. The SMILES string of the molecule is CCC(CO)(CO)CO.[N-]=[N+]=NS(=O)(=O)c1ccc(NC(=O)O)cc1.[N-]=[N+]=NS(=O)(=O)c1ccc(NC(=O)O)cc1.[N-]=[N+]=NS(=O)(=O)c1ccc(NC(=O)O)cc1. The largest absolute Gasteiger partial charge is 0.465 e.